The van der Waals surface area contributed by atoms with Crippen LogP contribution in [-0.2, 0) is 17.8 Å². The molecule has 0 radical (unpaired) electrons. The number of aromatic nitrogens is 4. The highest BCUT2D eigenvalue weighted by atomic mass is 16.5. The van der Waals surface area contributed by atoms with Gasteiger partial charge in [-0.05, 0) is 46.1 Å². The lowest BCUT2D eigenvalue weighted by molar-refractivity contribution is -0.120. The zero-order chi connectivity index (χ0) is 27.8. The Morgan fingerprint density at radius 1 is 1.28 bits per heavy atom. The molecule has 1 amide bonds. The standard InChI is InChI=1S/C29H37N5O5/c1-28(2,37)18-33-13-12-24(32-33)31-27(36)22(14-19-8-5-6-9-19)34-25(35)15-21(17-30-34)38-23-11-7-10-20-16-29(3,4)39-26(20)23/h7,10-13,15,17,19,22,37H,5-6,8-9,14,16,18H2,1-4H3,(H,31,32,36). The van der Waals surface area contributed by atoms with E-state index in [9.17, 15) is 14.7 Å². The van der Waals surface area contributed by atoms with E-state index in [1.165, 1.54) is 16.9 Å². The predicted molar refractivity (Wildman–Crippen MR) is 146 cm³/mol. The fourth-order valence-electron chi connectivity index (χ4n) is 5.49. The molecule has 3 aromatic rings. The molecule has 5 rings (SSSR count). The van der Waals surface area contributed by atoms with E-state index in [1.807, 2.05) is 26.0 Å². The Bertz CT molecular complexity index is 1400. The van der Waals surface area contributed by atoms with E-state index >= 15 is 0 Å². The summed E-state index contributed by atoms with van der Waals surface area (Å²) in [6.45, 7) is 7.70. The quantitative estimate of drug-likeness (QED) is 0.415. The molecule has 208 valence electrons. The molecule has 0 spiro atoms. The van der Waals surface area contributed by atoms with Crippen LogP contribution in [0.4, 0.5) is 5.82 Å². The van der Waals surface area contributed by atoms with Crippen molar-refractivity contribution in [3.63, 3.8) is 0 Å². The van der Waals surface area contributed by atoms with E-state index in [2.05, 4.69) is 15.5 Å². The third kappa shape index (κ3) is 6.50. The first-order valence-corrected chi connectivity index (χ1v) is 13.6. The van der Waals surface area contributed by atoms with Crippen LogP contribution in [0.3, 0.4) is 0 Å². The molecule has 0 saturated heterocycles. The van der Waals surface area contributed by atoms with Crippen LogP contribution in [0, 0.1) is 5.92 Å². The number of anilines is 1. The number of fused-ring (bicyclic) bond motifs is 1. The van der Waals surface area contributed by atoms with Gasteiger partial charge in [-0.25, -0.2) is 4.68 Å². The molecule has 1 atom stereocenters. The number of benzene rings is 1. The Kier molecular flexibility index (Phi) is 7.24. The minimum atomic E-state index is -0.943. The van der Waals surface area contributed by atoms with E-state index in [1.54, 1.807) is 36.9 Å². The lowest BCUT2D eigenvalue weighted by atomic mass is 9.98. The number of nitrogens with zero attached hydrogens (tertiary/aromatic N) is 4. The summed E-state index contributed by atoms with van der Waals surface area (Å²) in [5, 5.41) is 21.6. The summed E-state index contributed by atoms with van der Waals surface area (Å²) < 4.78 is 14.9. The molecule has 39 heavy (non-hydrogen) atoms. The number of amides is 1. The van der Waals surface area contributed by atoms with Crippen LogP contribution in [0.2, 0.25) is 0 Å². The largest absolute Gasteiger partial charge is 0.483 e. The van der Waals surface area contributed by atoms with E-state index in [0.717, 1.165) is 37.7 Å². The van der Waals surface area contributed by atoms with Crippen molar-refractivity contribution in [3.8, 4) is 17.2 Å². The zero-order valence-corrected chi connectivity index (χ0v) is 23.0. The Labute approximate surface area is 227 Å². The Morgan fingerprint density at radius 3 is 2.77 bits per heavy atom. The van der Waals surface area contributed by atoms with Gasteiger partial charge in [-0.3, -0.25) is 14.3 Å². The molecule has 0 bridgehead atoms. The van der Waals surface area contributed by atoms with Crippen LogP contribution in [0.5, 0.6) is 17.2 Å². The maximum atomic E-state index is 13.5. The first-order chi connectivity index (χ1) is 18.5. The smallest absolute Gasteiger partial charge is 0.271 e. The first kappa shape index (κ1) is 26.9. The van der Waals surface area contributed by atoms with Crippen molar-refractivity contribution in [2.24, 2.45) is 5.92 Å². The molecule has 1 saturated carbocycles. The number of rotatable bonds is 9. The topological polar surface area (TPSA) is 121 Å². The number of carbonyl (C=O) groups is 1. The number of carbonyl (C=O) groups excluding carboxylic acids is 1. The van der Waals surface area contributed by atoms with Gasteiger partial charge in [-0.1, -0.05) is 37.8 Å². The van der Waals surface area contributed by atoms with Crippen LogP contribution in [0.1, 0.15) is 71.4 Å². The van der Waals surface area contributed by atoms with Gasteiger partial charge in [0, 0.05) is 30.3 Å². The fourth-order valence-corrected chi connectivity index (χ4v) is 5.49. The van der Waals surface area contributed by atoms with Crippen molar-refractivity contribution in [1.29, 1.82) is 0 Å². The molecular weight excluding hydrogens is 498 g/mol. The third-order valence-corrected chi connectivity index (χ3v) is 7.15. The SMILES string of the molecule is CC(C)(O)Cn1ccc(NC(=O)C(CC2CCCC2)n2ncc(Oc3cccc4c3OC(C)(C)C4)cc2=O)n1. The van der Waals surface area contributed by atoms with Gasteiger partial charge in [0.05, 0.1) is 18.3 Å². The molecule has 2 N–H and O–H groups in total. The Morgan fingerprint density at radius 2 is 2.05 bits per heavy atom. The van der Waals surface area contributed by atoms with E-state index < -0.39 is 17.2 Å². The second-order valence-electron chi connectivity index (χ2n) is 12.0. The summed E-state index contributed by atoms with van der Waals surface area (Å²) in [4.78, 5) is 26.7. The number of para-hydroxylation sites is 1. The summed E-state index contributed by atoms with van der Waals surface area (Å²) in [5.41, 5.74) is -0.639. The summed E-state index contributed by atoms with van der Waals surface area (Å²) in [6, 6.07) is 7.95. The van der Waals surface area contributed by atoms with E-state index in [0.29, 0.717) is 29.7 Å². The monoisotopic (exact) mass is 535 g/mol. The number of aliphatic hydroxyl groups is 1. The molecule has 2 aromatic heterocycles. The Balaban J connectivity index is 1.36. The molecule has 2 aliphatic rings. The average molecular weight is 536 g/mol. The van der Waals surface area contributed by atoms with E-state index in [4.69, 9.17) is 9.47 Å². The van der Waals surface area contributed by atoms with E-state index in [-0.39, 0.29) is 23.8 Å². The van der Waals surface area contributed by atoms with Crippen LogP contribution in [0.25, 0.3) is 0 Å². The van der Waals surface area contributed by atoms with Crippen molar-refractivity contribution in [3.05, 3.63) is 58.6 Å². The summed E-state index contributed by atoms with van der Waals surface area (Å²) in [6.07, 6.45) is 8.73. The number of ether oxygens (including phenoxy) is 2. The summed E-state index contributed by atoms with van der Waals surface area (Å²) >= 11 is 0. The molecule has 10 heteroatoms. The number of hydrogen-bond acceptors (Lipinski definition) is 7. The minimum Gasteiger partial charge on any atom is -0.483 e. The molecule has 3 heterocycles. The molecule has 10 nitrogen and oxygen atoms in total. The van der Waals surface area contributed by atoms with Crippen molar-refractivity contribution in [1.82, 2.24) is 19.6 Å². The van der Waals surface area contributed by atoms with Gasteiger partial charge in [0.25, 0.3) is 11.5 Å². The van der Waals surface area contributed by atoms with Gasteiger partial charge < -0.3 is 19.9 Å². The molecule has 1 aliphatic heterocycles. The maximum absolute atomic E-state index is 13.5. The highest BCUT2D eigenvalue weighted by Crippen LogP contribution is 2.43. The highest BCUT2D eigenvalue weighted by molar-refractivity contribution is 5.92. The van der Waals surface area contributed by atoms with Gasteiger partial charge in [0.2, 0.25) is 0 Å². The molecule has 1 aliphatic carbocycles. The third-order valence-electron chi connectivity index (χ3n) is 7.15. The van der Waals surface area contributed by atoms with Crippen LogP contribution in [-0.4, -0.2) is 41.8 Å². The number of hydrogen-bond donors (Lipinski definition) is 2. The van der Waals surface area contributed by atoms with Crippen LogP contribution >= 0.6 is 0 Å². The second-order valence-corrected chi connectivity index (χ2v) is 12.0. The molecule has 1 unspecified atom stereocenters. The summed E-state index contributed by atoms with van der Waals surface area (Å²) in [5.74, 6) is 1.83. The van der Waals surface area contributed by atoms with Crippen molar-refractivity contribution in [2.45, 2.75) is 90.0 Å². The number of nitrogens with one attached hydrogen (secondary N) is 1. The van der Waals surface area contributed by atoms with Crippen molar-refractivity contribution >= 4 is 11.7 Å². The van der Waals surface area contributed by atoms with Crippen molar-refractivity contribution < 1.29 is 19.4 Å². The molecule has 1 fully saturated rings. The fraction of sp³-hybridized carbons (Fsp3) is 0.517. The minimum absolute atomic E-state index is 0.281. The van der Waals surface area contributed by atoms with Gasteiger partial charge in [-0.15, -0.1) is 0 Å². The zero-order valence-electron chi connectivity index (χ0n) is 23.0. The highest BCUT2D eigenvalue weighted by Gasteiger charge is 2.33. The van der Waals surface area contributed by atoms with Gasteiger partial charge >= 0.3 is 0 Å². The predicted octanol–water partition coefficient (Wildman–Crippen LogP) is 4.48. The lowest BCUT2D eigenvalue weighted by Crippen LogP contribution is -2.36. The lowest BCUT2D eigenvalue weighted by Gasteiger charge is -2.21. The average Bonchev–Trinajstić information content (AvgIpc) is 3.57. The normalized spacial score (nSPS) is 17.5. The molecule has 1 aromatic carbocycles. The summed E-state index contributed by atoms with van der Waals surface area (Å²) in [7, 11) is 0. The second kappa shape index (κ2) is 10.5. The first-order valence-electron chi connectivity index (χ1n) is 13.6. The van der Waals surface area contributed by atoms with Gasteiger partial charge in [0.15, 0.2) is 23.1 Å². The molecular formula is C29H37N5O5. The maximum Gasteiger partial charge on any atom is 0.271 e. The van der Waals surface area contributed by atoms with Gasteiger partial charge in [0.1, 0.15) is 11.6 Å². The van der Waals surface area contributed by atoms with Crippen molar-refractivity contribution in [2.75, 3.05) is 5.32 Å². The van der Waals surface area contributed by atoms with Crippen LogP contribution < -0.4 is 20.3 Å². The Hall–Kier alpha value is -3.66. The van der Waals surface area contributed by atoms with Gasteiger partial charge in [-0.2, -0.15) is 10.2 Å². The van der Waals surface area contributed by atoms with Crippen LogP contribution in [0.15, 0.2) is 47.5 Å².